The topological polar surface area (TPSA) is 54.7 Å². The maximum atomic E-state index is 8.68. The third-order valence-electron chi connectivity index (χ3n) is 2.59. The Morgan fingerprint density at radius 2 is 1.67 bits per heavy atom. The molecule has 1 aromatic rings. The van der Waals surface area contributed by atoms with E-state index in [4.69, 9.17) is 19.5 Å². The molecule has 0 aromatic heterocycles. The van der Waals surface area contributed by atoms with Crippen molar-refractivity contribution < 1.29 is 14.2 Å². The third kappa shape index (κ3) is 3.28. The van der Waals surface area contributed by atoms with Crippen molar-refractivity contribution >= 4 is 0 Å². The van der Waals surface area contributed by atoms with Crippen LogP contribution in [0.5, 0.6) is 17.2 Å². The van der Waals surface area contributed by atoms with Crippen LogP contribution in [-0.4, -0.2) is 39.8 Å². The molecule has 0 aliphatic heterocycles. The van der Waals surface area contributed by atoms with E-state index in [0.717, 1.165) is 5.56 Å². The fraction of sp³-hybridized carbons (Fsp3) is 0.462. The van der Waals surface area contributed by atoms with Gasteiger partial charge in [0, 0.05) is 18.7 Å². The van der Waals surface area contributed by atoms with E-state index < -0.39 is 0 Å². The van der Waals surface area contributed by atoms with Gasteiger partial charge < -0.3 is 14.2 Å². The molecule has 1 rings (SSSR count). The molecule has 0 saturated heterocycles. The van der Waals surface area contributed by atoms with E-state index in [2.05, 4.69) is 6.07 Å². The summed E-state index contributed by atoms with van der Waals surface area (Å²) in [6.45, 7) is 0.919. The van der Waals surface area contributed by atoms with Crippen LogP contribution in [0.15, 0.2) is 12.1 Å². The highest BCUT2D eigenvalue weighted by Crippen LogP contribution is 2.34. The van der Waals surface area contributed by atoms with Crippen LogP contribution in [-0.2, 0) is 6.54 Å². The summed E-state index contributed by atoms with van der Waals surface area (Å²) in [5, 5.41) is 8.68. The van der Waals surface area contributed by atoms with Gasteiger partial charge in [0.05, 0.1) is 39.5 Å². The summed E-state index contributed by atoms with van der Waals surface area (Å²) in [6, 6.07) is 5.71. The highest BCUT2D eigenvalue weighted by Gasteiger charge is 2.14. The fourth-order valence-corrected chi connectivity index (χ4v) is 1.68. The van der Waals surface area contributed by atoms with Crippen molar-refractivity contribution in [3.63, 3.8) is 0 Å². The van der Waals surface area contributed by atoms with Crippen LogP contribution in [0, 0.1) is 11.3 Å². The number of nitriles is 1. The number of ether oxygens (including phenoxy) is 3. The summed E-state index contributed by atoms with van der Waals surface area (Å²) >= 11 is 0. The van der Waals surface area contributed by atoms with Gasteiger partial charge in [-0.2, -0.15) is 5.26 Å². The van der Waals surface area contributed by atoms with Crippen LogP contribution >= 0.6 is 0 Å². The van der Waals surface area contributed by atoms with Crippen LogP contribution in [0.1, 0.15) is 5.56 Å². The normalized spacial score (nSPS) is 10.0. The molecule has 0 aliphatic rings. The first-order chi connectivity index (χ1) is 8.65. The van der Waals surface area contributed by atoms with E-state index in [9.17, 15) is 0 Å². The SMILES string of the molecule is COc1cc(OC)c(CN(C)CC#N)c(OC)c1. The second kappa shape index (κ2) is 6.72. The van der Waals surface area contributed by atoms with E-state index in [1.165, 1.54) is 0 Å². The maximum absolute atomic E-state index is 8.68. The maximum Gasteiger partial charge on any atom is 0.130 e. The summed E-state index contributed by atoms with van der Waals surface area (Å²) in [4.78, 5) is 1.88. The number of nitrogens with zero attached hydrogens (tertiary/aromatic N) is 2. The standard InChI is InChI=1S/C13H18N2O3/c1-15(6-5-14)9-11-12(17-3)7-10(16-2)8-13(11)18-4/h7-8H,6,9H2,1-4H3. The lowest BCUT2D eigenvalue weighted by molar-refractivity contribution is 0.328. The van der Waals surface area contributed by atoms with Crippen molar-refractivity contribution in [2.75, 3.05) is 34.9 Å². The second-order valence-electron chi connectivity index (χ2n) is 3.84. The molecule has 0 atom stereocenters. The fourth-order valence-electron chi connectivity index (χ4n) is 1.68. The summed E-state index contributed by atoms with van der Waals surface area (Å²) in [6.07, 6.45) is 0. The number of methoxy groups -OCH3 is 3. The Morgan fingerprint density at radius 3 is 2.06 bits per heavy atom. The summed E-state index contributed by atoms with van der Waals surface area (Å²) in [5.41, 5.74) is 0.901. The molecule has 5 nitrogen and oxygen atoms in total. The molecule has 18 heavy (non-hydrogen) atoms. The smallest absolute Gasteiger partial charge is 0.130 e. The molecule has 0 heterocycles. The molecular weight excluding hydrogens is 232 g/mol. The summed E-state index contributed by atoms with van der Waals surface area (Å²) in [7, 11) is 6.66. The molecule has 0 N–H and O–H groups in total. The van der Waals surface area contributed by atoms with Crippen molar-refractivity contribution in [2.24, 2.45) is 0 Å². The highest BCUT2D eigenvalue weighted by atomic mass is 16.5. The van der Waals surface area contributed by atoms with Gasteiger partial charge in [0.25, 0.3) is 0 Å². The van der Waals surface area contributed by atoms with Gasteiger partial charge >= 0.3 is 0 Å². The lowest BCUT2D eigenvalue weighted by Crippen LogP contribution is -2.18. The number of benzene rings is 1. The van der Waals surface area contributed by atoms with Gasteiger partial charge in [0.15, 0.2) is 0 Å². The van der Waals surface area contributed by atoms with Gasteiger partial charge in [-0.3, -0.25) is 4.90 Å². The second-order valence-corrected chi connectivity index (χ2v) is 3.84. The van der Waals surface area contributed by atoms with E-state index >= 15 is 0 Å². The van der Waals surface area contributed by atoms with Gasteiger partial charge in [-0.1, -0.05) is 0 Å². The zero-order chi connectivity index (χ0) is 13.5. The first-order valence-electron chi connectivity index (χ1n) is 5.50. The molecule has 0 spiro atoms. The summed E-state index contributed by atoms with van der Waals surface area (Å²) in [5.74, 6) is 2.06. The lowest BCUT2D eigenvalue weighted by Gasteiger charge is -2.19. The van der Waals surface area contributed by atoms with E-state index in [0.29, 0.717) is 30.3 Å². The molecular formula is C13H18N2O3. The van der Waals surface area contributed by atoms with E-state index in [-0.39, 0.29) is 0 Å². The Labute approximate surface area is 107 Å². The minimum atomic E-state index is 0.346. The average molecular weight is 250 g/mol. The molecule has 1 aromatic carbocycles. The molecule has 0 bridgehead atoms. The quantitative estimate of drug-likeness (QED) is 0.719. The molecule has 0 aliphatic carbocycles. The highest BCUT2D eigenvalue weighted by molar-refractivity contribution is 5.50. The monoisotopic (exact) mass is 250 g/mol. The van der Waals surface area contributed by atoms with Crippen LogP contribution in [0.2, 0.25) is 0 Å². The number of hydrogen-bond donors (Lipinski definition) is 0. The van der Waals surface area contributed by atoms with Gasteiger partial charge in [-0.25, -0.2) is 0 Å². The van der Waals surface area contributed by atoms with Crippen molar-refractivity contribution in [2.45, 2.75) is 6.54 Å². The Kier molecular flexibility index (Phi) is 5.28. The first kappa shape index (κ1) is 14.1. The molecule has 98 valence electrons. The molecule has 5 heteroatoms. The number of rotatable bonds is 6. The molecule has 0 fully saturated rings. The Balaban J connectivity index is 3.11. The minimum Gasteiger partial charge on any atom is -0.496 e. The van der Waals surface area contributed by atoms with Crippen LogP contribution < -0.4 is 14.2 Å². The van der Waals surface area contributed by atoms with E-state index in [1.54, 1.807) is 33.5 Å². The van der Waals surface area contributed by atoms with Crippen molar-refractivity contribution in [3.05, 3.63) is 17.7 Å². The van der Waals surface area contributed by atoms with Crippen molar-refractivity contribution in [1.82, 2.24) is 4.90 Å². The van der Waals surface area contributed by atoms with Crippen LogP contribution in [0.3, 0.4) is 0 Å². The average Bonchev–Trinajstić information content (AvgIpc) is 2.39. The Morgan fingerprint density at radius 1 is 1.11 bits per heavy atom. The predicted molar refractivity (Wildman–Crippen MR) is 68.0 cm³/mol. The van der Waals surface area contributed by atoms with Crippen molar-refractivity contribution in [1.29, 1.82) is 5.26 Å². The summed E-state index contributed by atoms with van der Waals surface area (Å²) < 4.78 is 15.9. The van der Waals surface area contributed by atoms with Gasteiger partial charge in [0.2, 0.25) is 0 Å². The molecule has 0 radical (unpaired) electrons. The largest absolute Gasteiger partial charge is 0.496 e. The van der Waals surface area contributed by atoms with Gasteiger partial charge in [0.1, 0.15) is 17.2 Å². The predicted octanol–water partition coefficient (Wildman–Crippen LogP) is 1.67. The zero-order valence-corrected chi connectivity index (χ0v) is 11.2. The van der Waals surface area contributed by atoms with Crippen LogP contribution in [0.25, 0.3) is 0 Å². The zero-order valence-electron chi connectivity index (χ0n) is 11.2. The molecule has 0 unspecified atom stereocenters. The minimum absolute atomic E-state index is 0.346. The van der Waals surface area contributed by atoms with Crippen molar-refractivity contribution in [3.8, 4) is 23.3 Å². The number of hydrogen-bond acceptors (Lipinski definition) is 5. The van der Waals surface area contributed by atoms with E-state index in [1.807, 2.05) is 11.9 Å². The third-order valence-corrected chi connectivity index (χ3v) is 2.59. The lowest BCUT2D eigenvalue weighted by atomic mass is 10.1. The van der Waals surface area contributed by atoms with Gasteiger partial charge in [-0.15, -0.1) is 0 Å². The first-order valence-corrected chi connectivity index (χ1v) is 5.50. The molecule has 0 amide bonds. The van der Waals surface area contributed by atoms with Gasteiger partial charge in [-0.05, 0) is 7.05 Å². The van der Waals surface area contributed by atoms with Crippen LogP contribution in [0.4, 0.5) is 0 Å². The Hall–Kier alpha value is -1.93. The molecule has 0 saturated carbocycles. The Bertz CT molecular complexity index is 415.